The third kappa shape index (κ3) is 4.34. The maximum absolute atomic E-state index is 11.9. The van der Waals surface area contributed by atoms with Gasteiger partial charge in [-0.3, -0.25) is 9.59 Å². The quantitative estimate of drug-likeness (QED) is 0.273. The maximum atomic E-state index is 11.9. The molecule has 0 heterocycles. The molecule has 0 spiro atoms. The molecule has 1 aromatic carbocycles. The van der Waals surface area contributed by atoms with Crippen molar-refractivity contribution in [2.24, 2.45) is 0 Å². The summed E-state index contributed by atoms with van der Waals surface area (Å²) < 4.78 is 4.72. The summed E-state index contributed by atoms with van der Waals surface area (Å²) in [6, 6.07) is 6.15. The van der Waals surface area contributed by atoms with E-state index in [1.54, 1.807) is 19.1 Å². The monoisotopic (exact) mass is 280 g/mol. The number of hydrogen-bond acceptors (Lipinski definition) is 4. The van der Waals surface area contributed by atoms with Crippen LogP contribution in [0.2, 0.25) is 5.02 Å². The molecule has 0 saturated carbocycles. The van der Waals surface area contributed by atoms with Crippen molar-refractivity contribution < 1.29 is 19.1 Å². The number of rotatable bonds is 5. The molecule has 0 aromatic heterocycles. The summed E-state index contributed by atoms with van der Waals surface area (Å²) in [5.41, 5.74) is 0.0780. The summed E-state index contributed by atoms with van der Waals surface area (Å²) >= 11 is 5.71. The van der Waals surface area contributed by atoms with Crippen LogP contribution in [-0.2, 0) is 14.3 Å². The Morgan fingerprint density at radius 1 is 1.21 bits per heavy atom. The zero-order chi connectivity index (χ0) is 14.4. The number of esters is 1. The SMILES string of the molecule is CCOC(=O)/C(=C/C(=O)c1ccc(Cl)cc1)C(C)=O. The highest BCUT2D eigenvalue weighted by Gasteiger charge is 2.17. The van der Waals surface area contributed by atoms with Gasteiger partial charge in [0.1, 0.15) is 5.57 Å². The average molecular weight is 281 g/mol. The van der Waals surface area contributed by atoms with Gasteiger partial charge in [0.05, 0.1) is 6.61 Å². The first kappa shape index (κ1) is 15.1. The summed E-state index contributed by atoms with van der Waals surface area (Å²) in [6.45, 7) is 2.97. The van der Waals surface area contributed by atoms with Crippen molar-refractivity contribution in [3.63, 3.8) is 0 Å². The topological polar surface area (TPSA) is 60.4 Å². The smallest absolute Gasteiger partial charge is 0.341 e. The summed E-state index contributed by atoms with van der Waals surface area (Å²) in [4.78, 5) is 34.8. The molecule has 0 aliphatic carbocycles. The van der Waals surface area contributed by atoms with Gasteiger partial charge in [-0.05, 0) is 38.1 Å². The highest BCUT2D eigenvalue weighted by molar-refractivity contribution is 6.30. The van der Waals surface area contributed by atoms with E-state index in [4.69, 9.17) is 16.3 Å². The normalized spacial score (nSPS) is 11.0. The van der Waals surface area contributed by atoms with Gasteiger partial charge >= 0.3 is 5.97 Å². The van der Waals surface area contributed by atoms with E-state index in [1.165, 1.54) is 19.1 Å². The van der Waals surface area contributed by atoms with Gasteiger partial charge in [0.25, 0.3) is 0 Å². The fraction of sp³-hybridized carbons (Fsp3) is 0.214. The second-order valence-electron chi connectivity index (χ2n) is 3.71. The molecule has 0 radical (unpaired) electrons. The van der Waals surface area contributed by atoms with Crippen molar-refractivity contribution in [3.8, 4) is 0 Å². The number of allylic oxidation sites excluding steroid dienone is 1. The summed E-state index contributed by atoms with van der Waals surface area (Å²) in [7, 11) is 0. The number of carbonyl (C=O) groups excluding carboxylic acids is 3. The van der Waals surface area contributed by atoms with Crippen molar-refractivity contribution in [2.75, 3.05) is 6.61 Å². The standard InChI is InChI=1S/C14H13ClO4/c1-3-19-14(18)12(9(2)16)8-13(17)10-4-6-11(15)7-5-10/h4-8H,3H2,1-2H3/b12-8+. The minimum atomic E-state index is -0.794. The van der Waals surface area contributed by atoms with E-state index < -0.39 is 17.5 Å². The van der Waals surface area contributed by atoms with Gasteiger partial charge in [-0.2, -0.15) is 0 Å². The fourth-order valence-corrected chi connectivity index (χ4v) is 1.47. The van der Waals surface area contributed by atoms with Gasteiger partial charge in [0.2, 0.25) is 0 Å². The average Bonchev–Trinajstić information content (AvgIpc) is 2.36. The Morgan fingerprint density at radius 3 is 2.26 bits per heavy atom. The van der Waals surface area contributed by atoms with Crippen LogP contribution in [0.3, 0.4) is 0 Å². The first-order valence-electron chi connectivity index (χ1n) is 5.65. The number of benzene rings is 1. The zero-order valence-electron chi connectivity index (χ0n) is 10.6. The highest BCUT2D eigenvalue weighted by atomic mass is 35.5. The van der Waals surface area contributed by atoms with Crippen molar-refractivity contribution >= 4 is 29.1 Å². The molecule has 0 aliphatic rings. The van der Waals surface area contributed by atoms with Crippen LogP contribution in [0.5, 0.6) is 0 Å². The number of Topliss-reactive ketones (excluding diaryl/α,β-unsaturated/α-hetero) is 1. The molecule has 0 amide bonds. The Balaban J connectivity index is 3.02. The number of ketones is 2. The summed E-state index contributed by atoms with van der Waals surface area (Å²) in [5, 5.41) is 0.498. The van der Waals surface area contributed by atoms with Crippen LogP contribution in [0, 0.1) is 0 Å². The Bertz CT molecular complexity index is 529. The molecule has 0 aliphatic heterocycles. The second-order valence-corrected chi connectivity index (χ2v) is 4.14. The van der Waals surface area contributed by atoms with Gasteiger partial charge in [0.15, 0.2) is 11.6 Å². The van der Waals surface area contributed by atoms with E-state index in [0.717, 1.165) is 6.08 Å². The van der Waals surface area contributed by atoms with E-state index in [9.17, 15) is 14.4 Å². The molecular weight excluding hydrogens is 268 g/mol. The van der Waals surface area contributed by atoms with Crippen LogP contribution in [0.4, 0.5) is 0 Å². The van der Waals surface area contributed by atoms with Gasteiger partial charge in [0, 0.05) is 16.7 Å². The molecule has 0 N–H and O–H groups in total. The lowest BCUT2D eigenvalue weighted by atomic mass is 10.1. The van der Waals surface area contributed by atoms with Crippen molar-refractivity contribution in [1.82, 2.24) is 0 Å². The number of carbonyl (C=O) groups is 3. The first-order valence-corrected chi connectivity index (χ1v) is 6.03. The molecule has 100 valence electrons. The van der Waals surface area contributed by atoms with Gasteiger partial charge in [-0.1, -0.05) is 11.6 Å². The minimum Gasteiger partial charge on any atom is -0.462 e. The Hall–Kier alpha value is -1.94. The van der Waals surface area contributed by atoms with E-state index in [-0.39, 0.29) is 12.2 Å². The van der Waals surface area contributed by atoms with Crippen LogP contribution in [0.1, 0.15) is 24.2 Å². The number of halogens is 1. The molecule has 0 fully saturated rings. The Kier molecular flexibility index (Phi) is 5.45. The zero-order valence-corrected chi connectivity index (χ0v) is 11.4. The van der Waals surface area contributed by atoms with Crippen molar-refractivity contribution in [1.29, 1.82) is 0 Å². The third-order valence-electron chi connectivity index (χ3n) is 2.28. The largest absolute Gasteiger partial charge is 0.462 e. The van der Waals surface area contributed by atoms with E-state index >= 15 is 0 Å². The predicted molar refractivity (Wildman–Crippen MR) is 71.2 cm³/mol. The molecule has 0 saturated heterocycles. The van der Waals surface area contributed by atoms with Crippen LogP contribution >= 0.6 is 11.6 Å². The molecule has 1 aromatic rings. The van der Waals surface area contributed by atoms with Gasteiger partial charge < -0.3 is 4.74 Å². The third-order valence-corrected chi connectivity index (χ3v) is 2.53. The van der Waals surface area contributed by atoms with E-state index in [2.05, 4.69) is 0 Å². The molecular formula is C14H13ClO4. The van der Waals surface area contributed by atoms with E-state index in [1.807, 2.05) is 0 Å². The van der Waals surface area contributed by atoms with Crippen LogP contribution in [0.15, 0.2) is 35.9 Å². The lowest BCUT2D eigenvalue weighted by Gasteiger charge is -2.03. The predicted octanol–water partition coefficient (Wildman–Crippen LogP) is 2.60. The summed E-state index contributed by atoms with van der Waals surface area (Å²) in [5.74, 6) is -1.76. The molecule has 0 bridgehead atoms. The minimum absolute atomic E-state index is 0.137. The fourth-order valence-electron chi connectivity index (χ4n) is 1.34. The molecule has 0 unspecified atom stereocenters. The lowest BCUT2D eigenvalue weighted by molar-refractivity contribution is -0.139. The van der Waals surface area contributed by atoms with Crippen LogP contribution in [0.25, 0.3) is 0 Å². The van der Waals surface area contributed by atoms with Crippen LogP contribution in [-0.4, -0.2) is 24.1 Å². The van der Waals surface area contributed by atoms with Crippen molar-refractivity contribution in [3.05, 3.63) is 46.5 Å². The Morgan fingerprint density at radius 2 is 1.79 bits per heavy atom. The van der Waals surface area contributed by atoms with Gasteiger partial charge in [-0.25, -0.2) is 4.79 Å². The number of ether oxygens (including phenoxy) is 1. The number of hydrogen-bond donors (Lipinski definition) is 0. The Labute approximate surface area is 116 Å². The van der Waals surface area contributed by atoms with Crippen molar-refractivity contribution in [2.45, 2.75) is 13.8 Å². The molecule has 1 rings (SSSR count). The molecule has 4 nitrogen and oxygen atoms in total. The van der Waals surface area contributed by atoms with Crippen LogP contribution < -0.4 is 0 Å². The highest BCUT2D eigenvalue weighted by Crippen LogP contribution is 2.12. The molecule has 0 atom stereocenters. The molecule has 5 heteroatoms. The van der Waals surface area contributed by atoms with E-state index in [0.29, 0.717) is 10.6 Å². The lowest BCUT2D eigenvalue weighted by Crippen LogP contribution is -2.15. The molecule has 19 heavy (non-hydrogen) atoms. The first-order chi connectivity index (χ1) is 8.95. The second kappa shape index (κ2) is 6.85. The van der Waals surface area contributed by atoms with Gasteiger partial charge in [-0.15, -0.1) is 0 Å². The summed E-state index contributed by atoms with van der Waals surface area (Å²) in [6.07, 6.45) is 0.990. The maximum Gasteiger partial charge on any atom is 0.341 e.